The number of rotatable bonds is 8. The van der Waals surface area contributed by atoms with E-state index in [4.69, 9.17) is 9.47 Å². The molecule has 5 nitrogen and oxygen atoms in total. The molecule has 0 saturated heterocycles. The van der Waals surface area contributed by atoms with Gasteiger partial charge < -0.3 is 9.47 Å². The molecule has 0 saturated carbocycles. The van der Waals surface area contributed by atoms with Gasteiger partial charge in [-0.05, 0) is 24.3 Å². The smallest absolute Gasteiger partial charge is 0.310 e. The number of para-hydroxylation sites is 2. The van der Waals surface area contributed by atoms with Crippen LogP contribution >= 0.6 is 11.8 Å². The molecular formula is C16H16FNO4S. The van der Waals surface area contributed by atoms with Crippen LogP contribution in [0.15, 0.2) is 42.5 Å². The molecule has 7 heteroatoms. The zero-order chi connectivity index (χ0) is 16.7. The molecule has 0 N–H and O–H groups in total. The highest BCUT2D eigenvalue weighted by molar-refractivity contribution is 7.98. The highest BCUT2D eigenvalue weighted by Gasteiger charge is 2.13. The molecule has 2 aromatic rings. The molecular weight excluding hydrogens is 321 g/mol. The average Bonchev–Trinajstić information content (AvgIpc) is 2.55. The molecule has 0 heterocycles. The van der Waals surface area contributed by atoms with Gasteiger partial charge in [0.25, 0.3) is 0 Å². The zero-order valence-electron chi connectivity index (χ0n) is 12.5. The minimum atomic E-state index is -0.472. The predicted octanol–water partition coefficient (Wildman–Crippen LogP) is 4.05. The number of ether oxygens (including phenoxy) is 2. The molecule has 0 aliphatic heterocycles. The van der Waals surface area contributed by atoms with Crippen LogP contribution in [0.5, 0.6) is 11.5 Å². The molecule has 2 aromatic carbocycles. The van der Waals surface area contributed by atoms with Gasteiger partial charge in [-0.3, -0.25) is 10.1 Å². The van der Waals surface area contributed by atoms with Crippen molar-refractivity contribution in [3.63, 3.8) is 0 Å². The summed E-state index contributed by atoms with van der Waals surface area (Å²) < 4.78 is 23.9. The Bertz CT molecular complexity index is 681. The molecule has 0 spiro atoms. The third-order valence-electron chi connectivity index (χ3n) is 3.05. The first-order valence-electron chi connectivity index (χ1n) is 6.88. The molecule has 2 rings (SSSR count). The van der Waals surface area contributed by atoms with Crippen molar-refractivity contribution in [1.82, 2.24) is 0 Å². The zero-order valence-corrected chi connectivity index (χ0v) is 13.3. The monoisotopic (exact) mass is 337 g/mol. The van der Waals surface area contributed by atoms with Crippen LogP contribution in [-0.2, 0) is 5.75 Å². The lowest BCUT2D eigenvalue weighted by atomic mass is 10.2. The molecule has 0 fully saturated rings. The SMILES string of the molecule is COc1ccc(F)cc1CSCCOc1ccccc1[N+](=O)[O-]. The lowest BCUT2D eigenvalue weighted by Gasteiger charge is -2.09. The predicted molar refractivity (Wildman–Crippen MR) is 87.7 cm³/mol. The Balaban J connectivity index is 1.83. The van der Waals surface area contributed by atoms with Crippen molar-refractivity contribution in [1.29, 1.82) is 0 Å². The summed E-state index contributed by atoms with van der Waals surface area (Å²) in [7, 11) is 1.54. The van der Waals surface area contributed by atoms with Crippen LogP contribution in [0, 0.1) is 15.9 Å². The maximum Gasteiger partial charge on any atom is 0.310 e. The van der Waals surface area contributed by atoms with Crippen LogP contribution in [0.1, 0.15) is 5.56 Å². The van der Waals surface area contributed by atoms with E-state index >= 15 is 0 Å². The van der Waals surface area contributed by atoms with Gasteiger partial charge in [-0.15, -0.1) is 0 Å². The van der Waals surface area contributed by atoms with Crippen molar-refractivity contribution in [3.8, 4) is 11.5 Å². The van der Waals surface area contributed by atoms with Crippen molar-refractivity contribution in [2.45, 2.75) is 5.75 Å². The van der Waals surface area contributed by atoms with E-state index in [-0.39, 0.29) is 17.3 Å². The first-order valence-corrected chi connectivity index (χ1v) is 8.03. The van der Waals surface area contributed by atoms with Gasteiger partial charge in [-0.2, -0.15) is 11.8 Å². The summed E-state index contributed by atoms with van der Waals surface area (Å²) >= 11 is 1.54. The Hall–Kier alpha value is -2.28. The molecule has 0 unspecified atom stereocenters. The second kappa shape index (κ2) is 8.38. The first kappa shape index (κ1) is 17.1. The molecule has 0 atom stereocenters. The van der Waals surface area contributed by atoms with Gasteiger partial charge in [-0.25, -0.2) is 4.39 Å². The van der Waals surface area contributed by atoms with Gasteiger partial charge >= 0.3 is 5.69 Å². The van der Waals surface area contributed by atoms with Crippen LogP contribution in [0.2, 0.25) is 0 Å². The third kappa shape index (κ3) is 4.85. The molecule has 0 radical (unpaired) electrons. The quantitative estimate of drug-likeness (QED) is 0.413. The summed E-state index contributed by atoms with van der Waals surface area (Å²) in [6.07, 6.45) is 0. The lowest BCUT2D eigenvalue weighted by molar-refractivity contribution is -0.385. The average molecular weight is 337 g/mol. The highest BCUT2D eigenvalue weighted by atomic mass is 32.2. The minimum absolute atomic E-state index is 0.0516. The summed E-state index contributed by atoms with van der Waals surface area (Å²) in [5, 5.41) is 10.9. The number of nitro groups is 1. The summed E-state index contributed by atoms with van der Waals surface area (Å²) in [4.78, 5) is 10.4. The van der Waals surface area contributed by atoms with Gasteiger partial charge in [0.15, 0.2) is 5.75 Å². The molecule has 0 aromatic heterocycles. The van der Waals surface area contributed by atoms with Gasteiger partial charge in [0.05, 0.1) is 18.6 Å². The van der Waals surface area contributed by atoms with Crippen molar-refractivity contribution >= 4 is 17.4 Å². The van der Waals surface area contributed by atoms with Gasteiger partial charge in [-0.1, -0.05) is 12.1 Å². The number of hydrogen-bond acceptors (Lipinski definition) is 5. The van der Waals surface area contributed by atoms with Crippen LogP contribution in [0.3, 0.4) is 0 Å². The Morgan fingerprint density at radius 3 is 2.74 bits per heavy atom. The summed E-state index contributed by atoms with van der Waals surface area (Å²) in [5.74, 6) is 1.77. The summed E-state index contributed by atoms with van der Waals surface area (Å²) in [5.41, 5.74) is 0.715. The van der Waals surface area contributed by atoms with E-state index in [1.807, 2.05) is 0 Å². The Morgan fingerprint density at radius 1 is 1.22 bits per heavy atom. The van der Waals surface area contributed by atoms with E-state index in [1.54, 1.807) is 31.4 Å². The largest absolute Gasteiger partial charge is 0.496 e. The molecule has 0 aliphatic carbocycles. The third-order valence-corrected chi connectivity index (χ3v) is 4.02. The van der Waals surface area contributed by atoms with E-state index in [0.717, 1.165) is 5.56 Å². The maximum absolute atomic E-state index is 13.2. The Kier molecular flexibility index (Phi) is 6.22. The second-order valence-electron chi connectivity index (χ2n) is 4.58. The fourth-order valence-corrected chi connectivity index (χ4v) is 2.77. The van der Waals surface area contributed by atoms with Crippen LogP contribution in [0.25, 0.3) is 0 Å². The topological polar surface area (TPSA) is 61.6 Å². The van der Waals surface area contributed by atoms with E-state index in [9.17, 15) is 14.5 Å². The van der Waals surface area contributed by atoms with Crippen molar-refractivity contribution in [3.05, 3.63) is 64.0 Å². The lowest BCUT2D eigenvalue weighted by Crippen LogP contribution is -2.03. The number of nitrogens with zero attached hydrogens (tertiary/aromatic N) is 1. The van der Waals surface area contributed by atoms with E-state index in [2.05, 4.69) is 0 Å². The van der Waals surface area contributed by atoms with Crippen molar-refractivity contribution < 1.29 is 18.8 Å². The minimum Gasteiger partial charge on any atom is -0.496 e. The number of benzene rings is 2. The van der Waals surface area contributed by atoms with E-state index in [1.165, 1.54) is 30.0 Å². The van der Waals surface area contributed by atoms with Gasteiger partial charge in [0, 0.05) is 23.1 Å². The fourth-order valence-electron chi connectivity index (χ4n) is 1.98. The molecule has 0 aliphatic rings. The number of halogens is 1. The number of hydrogen-bond donors (Lipinski definition) is 0. The van der Waals surface area contributed by atoms with E-state index in [0.29, 0.717) is 23.9 Å². The normalized spacial score (nSPS) is 10.3. The fraction of sp³-hybridized carbons (Fsp3) is 0.250. The molecule has 0 amide bonds. The van der Waals surface area contributed by atoms with Gasteiger partial charge in [0.2, 0.25) is 0 Å². The van der Waals surface area contributed by atoms with E-state index < -0.39 is 4.92 Å². The number of methoxy groups -OCH3 is 1. The van der Waals surface area contributed by atoms with Crippen molar-refractivity contribution in [2.75, 3.05) is 19.5 Å². The summed E-state index contributed by atoms with van der Waals surface area (Å²) in [6.45, 7) is 0.327. The molecule has 23 heavy (non-hydrogen) atoms. The molecule has 0 bridgehead atoms. The first-order chi connectivity index (χ1) is 11.1. The van der Waals surface area contributed by atoms with Gasteiger partial charge in [0.1, 0.15) is 11.6 Å². The molecule has 122 valence electrons. The number of nitro benzene ring substituents is 1. The number of thioether (sulfide) groups is 1. The highest BCUT2D eigenvalue weighted by Crippen LogP contribution is 2.27. The summed E-state index contributed by atoms with van der Waals surface area (Å²) in [6, 6.07) is 10.6. The Morgan fingerprint density at radius 2 is 2.00 bits per heavy atom. The standard InChI is InChI=1S/C16H16FNO4S/c1-21-15-7-6-13(17)10-12(15)11-23-9-8-22-16-5-3-2-4-14(16)18(19)20/h2-7,10H,8-9,11H2,1H3. The van der Waals surface area contributed by atoms with Crippen LogP contribution < -0.4 is 9.47 Å². The Labute approximate surface area is 137 Å². The maximum atomic E-state index is 13.2. The van der Waals surface area contributed by atoms with Crippen LogP contribution in [-0.4, -0.2) is 24.4 Å². The second-order valence-corrected chi connectivity index (χ2v) is 5.69. The van der Waals surface area contributed by atoms with Crippen molar-refractivity contribution in [2.24, 2.45) is 0 Å². The van der Waals surface area contributed by atoms with Crippen LogP contribution in [0.4, 0.5) is 10.1 Å².